The number of hydrogen-bond donors (Lipinski definition) is 6. The fourth-order valence-electron chi connectivity index (χ4n) is 5.71. The maximum Gasteiger partial charge on any atom is 0.335 e. The highest BCUT2D eigenvalue weighted by Gasteiger charge is 2.48. The quantitative estimate of drug-likeness (QED) is 0.0571. The number of esters is 1. The molecule has 2 heterocycles. The Labute approximate surface area is 319 Å². The lowest BCUT2D eigenvalue weighted by Crippen LogP contribution is -2.61. The van der Waals surface area contributed by atoms with Gasteiger partial charge in [-0.25, -0.2) is 4.79 Å². The zero-order valence-corrected chi connectivity index (χ0v) is 32.0. The van der Waals surface area contributed by atoms with Gasteiger partial charge >= 0.3 is 11.9 Å². The maximum atomic E-state index is 12.8. The lowest BCUT2D eigenvalue weighted by atomic mass is 9.80. The molecule has 308 valence electrons. The summed E-state index contributed by atoms with van der Waals surface area (Å²) in [7, 11) is 0. The zero-order chi connectivity index (χ0) is 40.9. The van der Waals surface area contributed by atoms with Gasteiger partial charge in [-0.1, -0.05) is 47.1 Å². The van der Waals surface area contributed by atoms with Crippen molar-refractivity contribution in [1.82, 2.24) is 10.2 Å². The van der Waals surface area contributed by atoms with Crippen LogP contribution in [0.2, 0.25) is 0 Å². The Bertz CT molecular complexity index is 1500. The zero-order valence-electron chi connectivity index (χ0n) is 32.0. The monoisotopic (exact) mass is 781 g/mol. The Balaban J connectivity index is 1.37. The lowest BCUT2D eigenvalue weighted by Gasteiger charge is -2.38. The van der Waals surface area contributed by atoms with Crippen LogP contribution in [0.25, 0.3) is 0 Å². The van der Waals surface area contributed by atoms with Crippen molar-refractivity contribution < 1.29 is 72.9 Å². The number of aliphatic hydroxyl groups is 3. The Morgan fingerprint density at radius 3 is 2.31 bits per heavy atom. The number of aliphatic carboxylic acids is 1. The standard InChI is InChI=1S/C37H55N3O15/c1-21(2)35(50)53-19-22-10-11-25(54-36-31(46)29(44)30(45)32(55-36)34(48)49)24(17-22)39-27(42)20-52-16-15-51-14-12-38-26(41)9-7-6-8-13-40-28(43)18-23(33(40)47)37(3,4)5/h10-11,17,21,23,29-32,36,44-46H,6-9,12-16,18-20H2,1-5H3,(H,38,41)(H,39,42)(H,48,49)/t23?,29-,30-,31+,32-,36+/m0/s1. The normalized spacial score (nSPS) is 22.8. The van der Waals surface area contributed by atoms with Crippen molar-refractivity contribution in [3.63, 3.8) is 0 Å². The van der Waals surface area contributed by atoms with Gasteiger partial charge in [0.1, 0.15) is 37.3 Å². The number of likely N-dealkylation sites (tertiary alicyclic amines) is 1. The summed E-state index contributed by atoms with van der Waals surface area (Å²) in [5.41, 5.74) is 0.201. The molecule has 1 aromatic rings. The number of rotatable bonds is 21. The first-order valence-electron chi connectivity index (χ1n) is 18.4. The molecule has 4 amide bonds. The number of hydrogen-bond acceptors (Lipinski definition) is 14. The second-order valence-electron chi connectivity index (χ2n) is 14.8. The molecule has 18 nitrogen and oxygen atoms in total. The molecule has 2 aliphatic heterocycles. The van der Waals surface area contributed by atoms with Gasteiger partial charge < -0.3 is 54.7 Å². The van der Waals surface area contributed by atoms with Gasteiger partial charge in [0.05, 0.1) is 37.3 Å². The molecule has 0 radical (unpaired) electrons. The highest BCUT2D eigenvalue weighted by atomic mass is 16.7. The van der Waals surface area contributed by atoms with Crippen LogP contribution in [0, 0.1) is 17.3 Å². The molecular formula is C37H55N3O15. The Morgan fingerprint density at radius 1 is 0.945 bits per heavy atom. The molecule has 1 unspecified atom stereocenters. The van der Waals surface area contributed by atoms with E-state index in [1.807, 2.05) is 20.8 Å². The van der Waals surface area contributed by atoms with Crippen LogP contribution in [0.15, 0.2) is 18.2 Å². The fraction of sp³-hybridized carbons (Fsp3) is 0.676. The van der Waals surface area contributed by atoms with E-state index >= 15 is 0 Å². The predicted molar refractivity (Wildman–Crippen MR) is 192 cm³/mol. The lowest BCUT2D eigenvalue weighted by molar-refractivity contribution is -0.271. The highest BCUT2D eigenvalue weighted by molar-refractivity contribution is 6.03. The Kier molecular flexibility index (Phi) is 17.4. The van der Waals surface area contributed by atoms with Crippen molar-refractivity contribution in [2.45, 2.75) is 104 Å². The van der Waals surface area contributed by atoms with Crippen LogP contribution < -0.4 is 15.4 Å². The molecule has 0 aromatic heterocycles. The molecule has 3 rings (SSSR count). The number of amides is 4. The summed E-state index contributed by atoms with van der Waals surface area (Å²) < 4.78 is 26.9. The fourth-order valence-corrected chi connectivity index (χ4v) is 5.71. The van der Waals surface area contributed by atoms with Crippen molar-refractivity contribution in [3.05, 3.63) is 23.8 Å². The first-order chi connectivity index (χ1) is 25.9. The molecule has 0 aliphatic carbocycles. The summed E-state index contributed by atoms with van der Waals surface area (Å²) in [6.45, 7) is 9.60. The molecule has 6 N–H and O–H groups in total. The van der Waals surface area contributed by atoms with Gasteiger partial charge in [-0.2, -0.15) is 0 Å². The molecule has 1 aromatic carbocycles. The van der Waals surface area contributed by atoms with Crippen LogP contribution in [0.3, 0.4) is 0 Å². The van der Waals surface area contributed by atoms with Crippen LogP contribution in [-0.4, -0.2) is 131 Å². The van der Waals surface area contributed by atoms with E-state index in [4.69, 9.17) is 23.7 Å². The van der Waals surface area contributed by atoms with E-state index in [1.165, 1.54) is 23.1 Å². The van der Waals surface area contributed by atoms with Crippen LogP contribution in [-0.2, 0) is 54.3 Å². The number of unbranched alkanes of at least 4 members (excludes halogenated alkanes) is 2. The van der Waals surface area contributed by atoms with E-state index in [2.05, 4.69) is 10.6 Å². The second-order valence-corrected chi connectivity index (χ2v) is 14.8. The minimum atomic E-state index is -1.93. The summed E-state index contributed by atoms with van der Waals surface area (Å²) in [6.07, 6.45) is -6.87. The third kappa shape index (κ3) is 13.8. The SMILES string of the molecule is CC(C)C(=O)OCc1ccc(O[C@@H]2O[C@H](C(=O)O)[C@@H](O)[C@H](O)[C@H]2O)c(NC(=O)COCCOCCNC(=O)CCCCCN2C(=O)CC(C(C)(C)C)C2=O)c1. The van der Waals surface area contributed by atoms with E-state index in [1.54, 1.807) is 13.8 Å². The van der Waals surface area contributed by atoms with Crippen molar-refractivity contribution in [2.24, 2.45) is 17.3 Å². The third-order valence-electron chi connectivity index (χ3n) is 8.98. The highest BCUT2D eigenvalue weighted by Crippen LogP contribution is 2.35. The Morgan fingerprint density at radius 2 is 1.65 bits per heavy atom. The maximum absolute atomic E-state index is 12.8. The van der Waals surface area contributed by atoms with Crippen LogP contribution in [0.5, 0.6) is 5.75 Å². The summed E-state index contributed by atoms with van der Waals surface area (Å²) >= 11 is 0. The van der Waals surface area contributed by atoms with Crippen molar-refractivity contribution >= 4 is 41.3 Å². The third-order valence-corrected chi connectivity index (χ3v) is 8.98. The van der Waals surface area contributed by atoms with E-state index in [9.17, 15) is 49.2 Å². The molecule has 2 saturated heterocycles. The molecule has 0 bridgehead atoms. The van der Waals surface area contributed by atoms with Gasteiger partial charge in [0.2, 0.25) is 29.9 Å². The summed E-state index contributed by atoms with van der Waals surface area (Å²) in [4.78, 5) is 74.6. The van der Waals surface area contributed by atoms with Gasteiger partial charge in [0.15, 0.2) is 6.10 Å². The van der Waals surface area contributed by atoms with Crippen molar-refractivity contribution in [2.75, 3.05) is 44.8 Å². The predicted octanol–water partition coefficient (Wildman–Crippen LogP) is 0.726. The van der Waals surface area contributed by atoms with Crippen LogP contribution >= 0.6 is 0 Å². The minimum absolute atomic E-state index is 0.0213. The van der Waals surface area contributed by atoms with E-state index in [0.29, 0.717) is 37.8 Å². The number of carboxylic acid groups (broad SMARTS) is 1. The number of carbonyl (C=O) groups is 6. The molecule has 0 saturated carbocycles. The average Bonchev–Trinajstić information content (AvgIpc) is 3.41. The summed E-state index contributed by atoms with van der Waals surface area (Å²) in [5, 5.41) is 45.2. The van der Waals surface area contributed by atoms with Crippen LogP contribution in [0.1, 0.15) is 72.3 Å². The largest absolute Gasteiger partial charge is 0.479 e. The van der Waals surface area contributed by atoms with E-state index in [0.717, 1.165) is 0 Å². The number of benzene rings is 1. The van der Waals surface area contributed by atoms with Gasteiger partial charge in [0.25, 0.3) is 0 Å². The molecule has 55 heavy (non-hydrogen) atoms. The molecule has 0 spiro atoms. The van der Waals surface area contributed by atoms with Crippen molar-refractivity contribution in [1.29, 1.82) is 0 Å². The van der Waals surface area contributed by atoms with E-state index in [-0.39, 0.29) is 85.8 Å². The second kappa shape index (κ2) is 21.2. The topological polar surface area (TPSA) is 257 Å². The van der Waals surface area contributed by atoms with Gasteiger partial charge in [-0.15, -0.1) is 0 Å². The number of carbonyl (C=O) groups excluding carboxylic acids is 5. The number of anilines is 1. The number of ether oxygens (including phenoxy) is 5. The van der Waals surface area contributed by atoms with Crippen LogP contribution in [0.4, 0.5) is 5.69 Å². The number of imide groups is 1. The Hall–Kier alpha value is -4.20. The summed E-state index contributed by atoms with van der Waals surface area (Å²) in [6, 6.07) is 4.28. The average molecular weight is 782 g/mol. The minimum Gasteiger partial charge on any atom is -0.479 e. The molecular weight excluding hydrogens is 726 g/mol. The van der Waals surface area contributed by atoms with E-state index < -0.39 is 55.2 Å². The molecule has 18 heteroatoms. The number of nitrogens with zero attached hydrogens (tertiary/aromatic N) is 1. The smallest absolute Gasteiger partial charge is 0.335 e. The molecule has 2 aliphatic rings. The molecule has 2 fully saturated rings. The first-order valence-corrected chi connectivity index (χ1v) is 18.4. The first kappa shape index (κ1) is 45.2. The number of aliphatic hydroxyl groups excluding tert-OH is 3. The van der Waals surface area contributed by atoms with Crippen molar-refractivity contribution in [3.8, 4) is 5.75 Å². The van der Waals surface area contributed by atoms with Gasteiger partial charge in [-0.3, -0.25) is 28.9 Å². The number of nitrogens with one attached hydrogen (secondary N) is 2. The number of carboxylic acids is 1. The van der Waals surface area contributed by atoms with Gasteiger partial charge in [-0.05, 0) is 36.0 Å². The summed E-state index contributed by atoms with van der Waals surface area (Å²) in [5.74, 6) is -3.87. The van der Waals surface area contributed by atoms with Gasteiger partial charge in [0, 0.05) is 25.9 Å². The molecule has 6 atom stereocenters.